The van der Waals surface area contributed by atoms with Gasteiger partial charge in [0.2, 0.25) is 10.0 Å². The van der Waals surface area contributed by atoms with Crippen molar-refractivity contribution in [3.05, 3.63) is 100 Å². The Morgan fingerprint density at radius 2 is 1.55 bits per heavy atom. The molecule has 0 heterocycles. The van der Waals surface area contributed by atoms with E-state index < -0.39 is 10.0 Å². The number of sulfonamides is 1. The molecular formula is C23H22BrNO3S. The molecule has 3 aromatic rings. The highest BCUT2D eigenvalue weighted by molar-refractivity contribution is 9.10. The van der Waals surface area contributed by atoms with Crippen molar-refractivity contribution >= 4 is 31.7 Å². The molecule has 0 aliphatic rings. The first kappa shape index (κ1) is 21.4. The van der Waals surface area contributed by atoms with Crippen molar-refractivity contribution in [3.8, 4) is 0 Å². The van der Waals surface area contributed by atoms with Crippen LogP contribution in [0.4, 0.5) is 0 Å². The molecule has 0 bridgehead atoms. The number of nitrogens with one attached hydrogen (secondary N) is 1. The van der Waals surface area contributed by atoms with Crippen LogP contribution in [0.1, 0.15) is 33.8 Å². The van der Waals surface area contributed by atoms with Gasteiger partial charge in [-0.3, -0.25) is 4.79 Å². The molecule has 0 spiro atoms. The molecule has 3 rings (SSSR count). The molecule has 0 fully saturated rings. The summed E-state index contributed by atoms with van der Waals surface area (Å²) in [5.41, 5.74) is 2.52. The second kappa shape index (κ2) is 9.48. The minimum Gasteiger partial charge on any atom is -0.294 e. The topological polar surface area (TPSA) is 63.2 Å². The fraction of sp³-hybridized carbons (Fsp3) is 0.174. The number of carbonyl (C=O) groups excluding carboxylic acids is 1. The quantitative estimate of drug-likeness (QED) is 0.465. The predicted molar refractivity (Wildman–Crippen MR) is 119 cm³/mol. The maximum absolute atomic E-state index is 12.7. The highest BCUT2D eigenvalue weighted by Gasteiger charge is 2.21. The SMILES string of the molecule is Cc1ccc(S(=O)(=O)NCC(CC(=O)c2ccccc2)c2ccc(Br)cc2)cc1. The number of rotatable bonds is 8. The Labute approximate surface area is 180 Å². The maximum atomic E-state index is 12.7. The van der Waals surface area contributed by atoms with E-state index >= 15 is 0 Å². The molecule has 0 saturated carbocycles. The van der Waals surface area contributed by atoms with Crippen molar-refractivity contribution in [2.24, 2.45) is 0 Å². The highest BCUT2D eigenvalue weighted by Crippen LogP contribution is 2.24. The largest absolute Gasteiger partial charge is 0.294 e. The number of carbonyl (C=O) groups is 1. The Bertz CT molecular complexity index is 1060. The molecule has 6 heteroatoms. The lowest BCUT2D eigenvalue weighted by Gasteiger charge is -2.18. The van der Waals surface area contributed by atoms with Crippen LogP contribution in [0.5, 0.6) is 0 Å². The Morgan fingerprint density at radius 1 is 0.931 bits per heavy atom. The summed E-state index contributed by atoms with van der Waals surface area (Å²) in [6, 6.07) is 23.4. The van der Waals surface area contributed by atoms with Crippen LogP contribution in [0.15, 0.2) is 88.2 Å². The van der Waals surface area contributed by atoms with Crippen LogP contribution < -0.4 is 4.72 Å². The van der Waals surface area contributed by atoms with Crippen molar-refractivity contribution in [3.63, 3.8) is 0 Å². The molecule has 29 heavy (non-hydrogen) atoms. The number of hydrogen-bond acceptors (Lipinski definition) is 3. The number of halogens is 1. The lowest BCUT2D eigenvalue weighted by atomic mass is 9.92. The molecule has 1 unspecified atom stereocenters. The molecule has 1 atom stereocenters. The van der Waals surface area contributed by atoms with E-state index in [9.17, 15) is 13.2 Å². The second-order valence-electron chi connectivity index (χ2n) is 6.91. The zero-order valence-electron chi connectivity index (χ0n) is 16.0. The van der Waals surface area contributed by atoms with Crippen molar-refractivity contribution < 1.29 is 13.2 Å². The van der Waals surface area contributed by atoms with Gasteiger partial charge in [-0.1, -0.05) is 76.1 Å². The maximum Gasteiger partial charge on any atom is 0.240 e. The van der Waals surface area contributed by atoms with E-state index in [2.05, 4.69) is 20.7 Å². The van der Waals surface area contributed by atoms with Crippen molar-refractivity contribution in [1.82, 2.24) is 4.72 Å². The van der Waals surface area contributed by atoms with Gasteiger partial charge in [0, 0.05) is 28.9 Å². The van der Waals surface area contributed by atoms with Gasteiger partial charge in [0.05, 0.1) is 4.90 Å². The molecule has 150 valence electrons. The standard InChI is InChI=1S/C23H22BrNO3S/c1-17-7-13-22(14-8-17)29(27,28)25-16-20(18-9-11-21(24)12-10-18)15-23(26)19-5-3-2-4-6-19/h2-14,20,25H,15-16H2,1H3. The lowest BCUT2D eigenvalue weighted by Crippen LogP contribution is -2.29. The van der Waals surface area contributed by atoms with Crippen LogP contribution in [0.25, 0.3) is 0 Å². The Morgan fingerprint density at radius 3 is 2.17 bits per heavy atom. The molecule has 0 aromatic heterocycles. The monoisotopic (exact) mass is 471 g/mol. The average Bonchev–Trinajstić information content (AvgIpc) is 2.72. The summed E-state index contributed by atoms with van der Waals surface area (Å²) < 4.78 is 29.0. The summed E-state index contributed by atoms with van der Waals surface area (Å²) in [5, 5.41) is 0. The van der Waals surface area contributed by atoms with Crippen LogP contribution >= 0.6 is 15.9 Å². The van der Waals surface area contributed by atoms with Gasteiger partial charge in [0.15, 0.2) is 5.78 Å². The third-order valence-corrected chi connectivity index (χ3v) is 6.69. The highest BCUT2D eigenvalue weighted by atomic mass is 79.9. The summed E-state index contributed by atoms with van der Waals surface area (Å²) in [7, 11) is -3.66. The van der Waals surface area contributed by atoms with E-state index in [0.29, 0.717) is 5.56 Å². The summed E-state index contributed by atoms with van der Waals surface area (Å²) in [6.45, 7) is 2.04. The Kier molecular flexibility index (Phi) is 7.00. The molecular weight excluding hydrogens is 450 g/mol. The molecule has 3 aromatic carbocycles. The summed E-state index contributed by atoms with van der Waals surface area (Å²) in [4.78, 5) is 13.0. The van der Waals surface area contributed by atoms with Gasteiger partial charge < -0.3 is 0 Å². The second-order valence-corrected chi connectivity index (χ2v) is 9.59. The molecule has 0 saturated heterocycles. The van der Waals surface area contributed by atoms with E-state index in [-0.39, 0.29) is 29.6 Å². The fourth-order valence-electron chi connectivity index (χ4n) is 3.02. The van der Waals surface area contributed by atoms with Gasteiger partial charge >= 0.3 is 0 Å². The van der Waals surface area contributed by atoms with Gasteiger partial charge in [0.1, 0.15) is 0 Å². The van der Waals surface area contributed by atoms with Gasteiger partial charge in [-0.25, -0.2) is 13.1 Å². The first-order valence-corrected chi connectivity index (χ1v) is 11.5. The third-order valence-electron chi connectivity index (χ3n) is 4.72. The van der Waals surface area contributed by atoms with Crippen molar-refractivity contribution in [2.75, 3.05) is 6.54 Å². The van der Waals surface area contributed by atoms with Crippen molar-refractivity contribution in [2.45, 2.75) is 24.2 Å². The van der Waals surface area contributed by atoms with Crippen molar-refractivity contribution in [1.29, 1.82) is 0 Å². The van der Waals surface area contributed by atoms with Crippen LogP contribution in [0.2, 0.25) is 0 Å². The molecule has 0 radical (unpaired) electrons. The average molecular weight is 472 g/mol. The van der Waals surface area contributed by atoms with Crippen LogP contribution in [-0.2, 0) is 10.0 Å². The van der Waals surface area contributed by atoms with E-state index in [0.717, 1.165) is 15.6 Å². The Balaban J connectivity index is 1.80. The fourth-order valence-corrected chi connectivity index (χ4v) is 4.37. The zero-order valence-corrected chi connectivity index (χ0v) is 18.4. The molecule has 4 nitrogen and oxygen atoms in total. The predicted octanol–water partition coefficient (Wildman–Crippen LogP) is 5.09. The van der Waals surface area contributed by atoms with E-state index in [1.54, 1.807) is 36.4 Å². The smallest absolute Gasteiger partial charge is 0.240 e. The molecule has 0 amide bonds. The first-order chi connectivity index (χ1) is 13.8. The molecule has 0 aliphatic carbocycles. The van der Waals surface area contributed by atoms with E-state index in [4.69, 9.17) is 0 Å². The summed E-state index contributed by atoms with van der Waals surface area (Å²) in [6.07, 6.45) is 0.210. The summed E-state index contributed by atoms with van der Waals surface area (Å²) in [5.74, 6) is -0.302. The minimum atomic E-state index is -3.66. The number of aryl methyl sites for hydroxylation is 1. The van der Waals surface area contributed by atoms with Crippen LogP contribution in [0.3, 0.4) is 0 Å². The zero-order chi connectivity index (χ0) is 20.9. The van der Waals surface area contributed by atoms with E-state index in [1.807, 2.05) is 49.4 Å². The van der Waals surface area contributed by atoms with Gasteiger partial charge in [-0.2, -0.15) is 0 Å². The van der Waals surface area contributed by atoms with E-state index in [1.165, 1.54) is 0 Å². The summed E-state index contributed by atoms with van der Waals surface area (Å²) >= 11 is 3.41. The number of ketones is 1. The van der Waals surface area contributed by atoms with Crippen LogP contribution in [0, 0.1) is 6.92 Å². The molecule has 0 aliphatic heterocycles. The Hall–Kier alpha value is -2.28. The first-order valence-electron chi connectivity index (χ1n) is 9.25. The lowest BCUT2D eigenvalue weighted by molar-refractivity contribution is 0.0973. The van der Waals surface area contributed by atoms with Gasteiger partial charge in [-0.15, -0.1) is 0 Å². The minimum absolute atomic E-state index is 0.0203. The van der Waals surface area contributed by atoms with Gasteiger partial charge in [0.25, 0.3) is 0 Å². The normalized spacial score (nSPS) is 12.5. The van der Waals surface area contributed by atoms with Crippen LogP contribution in [-0.4, -0.2) is 20.7 Å². The molecule has 1 N–H and O–H groups in total. The number of hydrogen-bond donors (Lipinski definition) is 1. The number of benzene rings is 3. The number of Topliss-reactive ketones (excluding diaryl/α,β-unsaturated/α-hetero) is 1. The third kappa shape index (κ3) is 5.85. The van der Waals surface area contributed by atoms with Gasteiger partial charge in [-0.05, 0) is 36.8 Å².